The second kappa shape index (κ2) is 15.8. The van der Waals surface area contributed by atoms with Gasteiger partial charge in [0.2, 0.25) is 16.3 Å². The predicted molar refractivity (Wildman–Crippen MR) is 191 cm³/mol. The monoisotopic (exact) mass is 731 g/mol. The van der Waals surface area contributed by atoms with E-state index in [-0.39, 0.29) is 10.4 Å². The van der Waals surface area contributed by atoms with E-state index >= 15 is 0 Å². The second-order valence-corrected chi connectivity index (χ2v) is 14.2. The van der Waals surface area contributed by atoms with E-state index in [1.165, 1.54) is 21.5 Å². The highest BCUT2D eigenvalue weighted by molar-refractivity contribution is 7.89. The highest BCUT2D eigenvalue weighted by Crippen LogP contribution is 2.28. The van der Waals surface area contributed by atoms with Crippen LogP contribution in [0.1, 0.15) is 32.3 Å². The van der Waals surface area contributed by atoms with Gasteiger partial charge < -0.3 is 29.9 Å². The maximum absolute atomic E-state index is 13.4. The lowest BCUT2D eigenvalue weighted by Gasteiger charge is -2.39. The molecule has 5 N–H and O–H groups in total. The molecule has 1 aliphatic rings. The third-order valence-electron chi connectivity index (χ3n) is 8.64. The molecule has 0 bridgehead atoms. The second-order valence-electron chi connectivity index (χ2n) is 12.3. The molecule has 5 unspecified atom stereocenters. The molecule has 1 fully saturated rings. The highest BCUT2D eigenvalue weighted by atomic mass is 32.2. The number of benzene rings is 3. The zero-order valence-electron chi connectivity index (χ0n) is 28.6. The van der Waals surface area contributed by atoms with Crippen LogP contribution in [0.3, 0.4) is 0 Å². The minimum Gasteiger partial charge on any atom is -0.462 e. The molecule has 5 atom stereocenters. The van der Waals surface area contributed by atoms with Gasteiger partial charge in [-0.05, 0) is 66.9 Å². The number of nitrogens with one attached hydrogen (secondary N) is 1. The minimum atomic E-state index is -3.67. The molecule has 1 saturated heterocycles. The number of ether oxygens (including phenoxy) is 2. The Labute approximate surface area is 300 Å². The highest BCUT2D eigenvalue weighted by Gasteiger charge is 2.44. The van der Waals surface area contributed by atoms with Crippen molar-refractivity contribution in [2.75, 3.05) is 19.7 Å². The summed E-state index contributed by atoms with van der Waals surface area (Å²) in [6.45, 7) is 4.20. The lowest BCUT2D eigenvalue weighted by Crippen LogP contribution is -2.60. The summed E-state index contributed by atoms with van der Waals surface area (Å²) in [5.41, 5.74) is 2.87. The third-order valence-corrected chi connectivity index (χ3v) is 10.6. The number of rotatable bonds is 13. The van der Waals surface area contributed by atoms with Crippen molar-refractivity contribution >= 4 is 27.3 Å². The molecule has 0 aliphatic carbocycles. The van der Waals surface area contributed by atoms with Crippen LogP contribution in [0.4, 0.5) is 0 Å². The van der Waals surface area contributed by atoms with Crippen LogP contribution in [-0.4, -0.2) is 109 Å². The van der Waals surface area contributed by atoms with Crippen LogP contribution in [0.5, 0.6) is 5.75 Å². The fraction of sp³-hybridized carbons (Fsp3) is 0.333. The first-order chi connectivity index (χ1) is 25.1. The van der Waals surface area contributed by atoms with Crippen molar-refractivity contribution < 1.29 is 38.3 Å². The summed E-state index contributed by atoms with van der Waals surface area (Å²) in [6, 6.07) is 22.4. The van der Waals surface area contributed by atoms with E-state index in [1.54, 1.807) is 53.2 Å². The van der Waals surface area contributed by atoms with Crippen molar-refractivity contribution in [3.63, 3.8) is 0 Å². The van der Waals surface area contributed by atoms with E-state index in [4.69, 9.17) is 20.0 Å². The first-order valence-electron chi connectivity index (χ1n) is 16.9. The maximum atomic E-state index is 13.4. The zero-order valence-corrected chi connectivity index (χ0v) is 29.4. The molecule has 0 spiro atoms. The zero-order chi connectivity index (χ0) is 37.0. The number of aliphatic hydroxyl groups is 4. The summed E-state index contributed by atoms with van der Waals surface area (Å²) < 4.78 is 42.2. The molecule has 3 aromatic carbocycles. The molecule has 0 amide bonds. The fourth-order valence-electron chi connectivity index (χ4n) is 5.91. The van der Waals surface area contributed by atoms with E-state index in [9.17, 15) is 28.8 Å². The van der Waals surface area contributed by atoms with E-state index in [2.05, 4.69) is 10.1 Å². The standard InChI is InChI=1S/C36H41N7O8S/c1-3-18-41(19-4-2)52(48,49)27-16-12-25(13-17-27)43-35-29(30(40-43)24-8-6-5-7-9-24)34(37)42(22-38-35)39-20-23-10-14-26(15-11-23)50-36-33(47)32(46)31(45)28(21-44)51-36/h5-17,20,22,28,31-33,36-37,44-47H,3-4,18-19,21H2,1-2H3. The van der Waals surface area contributed by atoms with E-state index in [1.807, 2.05) is 44.2 Å². The number of hydrogen-bond acceptors (Lipinski definition) is 12. The SMILES string of the molecule is CCCN(CCC)S(=O)(=O)c1ccc(-n2nc(-c3ccccc3)c3c(=N)n(N=Cc4ccc(OC5OC(CO)C(O)C(O)C5O)cc4)cnc32)cc1. The Balaban J connectivity index is 1.29. The molecule has 5 aromatic rings. The van der Waals surface area contributed by atoms with Gasteiger partial charge in [0, 0.05) is 18.7 Å². The van der Waals surface area contributed by atoms with Crippen LogP contribution in [0.25, 0.3) is 28.0 Å². The van der Waals surface area contributed by atoms with Gasteiger partial charge in [0.25, 0.3) is 0 Å². The molecule has 2 aromatic heterocycles. The van der Waals surface area contributed by atoms with Crippen LogP contribution in [0.2, 0.25) is 0 Å². The van der Waals surface area contributed by atoms with Gasteiger partial charge in [0.05, 0.1) is 28.8 Å². The summed E-state index contributed by atoms with van der Waals surface area (Å²) >= 11 is 0. The molecule has 0 saturated carbocycles. The largest absolute Gasteiger partial charge is 0.462 e. The predicted octanol–water partition coefficient (Wildman–Crippen LogP) is 2.24. The first-order valence-corrected chi connectivity index (χ1v) is 18.3. The van der Waals surface area contributed by atoms with Crippen LogP contribution in [0, 0.1) is 5.41 Å². The molecular weight excluding hydrogens is 691 g/mol. The number of hydrogen-bond donors (Lipinski definition) is 5. The normalized spacial score (nSPS) is 20.9. The van der Waals surface area contributed by atoms with Crippen molar-refractivity contribution in [3.8, 4) is 22.7 Å². The van der Waals surface area contributed by atoms with Gasteiger partial charge in [0.1, 0.15) is 42.2 Å². The van der Waals surface area contributed by atoms with Crippen molar-refractivity contribution in [2.45, 2.75) is 62.3 Å². The van der Waals surface area contributed by atoms with E-state index in [0.717, 1.165) is 5.56 Å². The molecule has 15 nitrogen and oxygen atoms in total. The van der Waals surface area contributed by atoms with Gasteiger partial charge in [0.15, 0.2) is 11.1 Å². The van der Waals surface area contributed by atoms with Crippen molar-refractivity contribution in [1.29, 1.82) is 5.41 Å². The van der Waals surface area contributed by atoms with Gasteiger partial charge in [-0.25, -0.2) is 22.8 Å². The smallest absolute Gasteiger partial charge is 0.243 e. The van der Waals surface area contributed by atoms with Crippen molar-refractivity contribution in [3.05, 3.63) is 96.2 Å². The number of aromatic nitrogens is 4. The molecule has 1 aliphatic heterocycles. The topological polar surface area (TPSA) is 209 Å². The Morgan fingerprint density at radius 2 is 1.62 bits per heavy atom. The Kier molecular flexibility index (Phi) is 11.3. The van der Waals surface area contributed by atoms with Crippen LogP contribution >= 0.6 is 0 Å². The van der Waals surface area contributed by atoms with Gasteiger partial charge >= 0.3 is 0 Å². The van der Waals surface area contributed by atoms with Crippen LogP contribution < -0.4 is 10.2 Å². The van der Waals surface area contributed by atoms with Crippen molar-refractivity contribution in [1.82, 2.24) is 23.7 Å². The quantitative estimate of drug-likeness (QED) is 0.112. The van der Waals surface area contributed by atoms with Crippen molar-refractivity contribution in [2.24, 2.45) is 5.10 Å². The number of nitrogens with zero attached hydrogens (tertiary/aromatic N) is 6. The summed E-state index contributed by atoms with van der Waals surface area (Å²) in [6.07, 6.45) is -2.66. The molecule has 3 heterocycles. The van der Waals surface area contributed by atoms with Gasteiger partial charge in [-0.1, -0.05) is 44.2 Å². The van der Waals surface area contributed by atoms with E-state index < -0.39 is 47.3 Å². The Morgan fingerprint density at radius 1 is 0.942 bits per heavy atom. The minimum absolute atomic E-state index is 0.0166. The van der Waals surface area contributed by atoms with E-state index in [0.29, 0.717) is 59.7 Å². The van der Waals surface area contributed by atoms with Crippen LogP contribution in [-0.2, 0) is 14.8 Å². The molecule has 274 valence electrons. The lowest BCUT2D eigenvalue weighted by atomic mass is 9.99. The molecule has 16 heteroatoms. The van der Waals surface area contributed by atoms with Gasteiger partial charge in [-0.15, -0.1) is 0 Å². The molecule has 0 radical (unpaired) electrons. The number of sulfonamides is 1. The molecule has 52 heavy (non-hydrogen) atoms. The third kappa shape index (κ3) is 7.40. The lowest BCUT2D eigenvalue weighted by molar-refractivity contribution is -0.277. The Bertz CT molecular complexity index is 2170. The molecule has 6 rings (SSSR count). The summed E-state index contributed by atoms with van der Waals surface area (Å²) in [5.74, 6) is 0.295. The summed E-state index contributed by atoms with van der Waals surface area (Å²) in [4.78, 5) is 4.81. The van der Waals surface area contributed by atoms with Gasteiger partial charge in [-0.3, -0.25) is 5.41 Å². The Hall–Kier alpha value is -4.81. The number of fused-ring (bicyclic) bond motifs is 1. The van der Waals surface area contributed by atoms with Crippen LogP contribution in [0.15, 0.2) is 95.2 Å². The number of aliphatic hydroxyl groups excluding tert-OH is 4. The molecular formula is C36H41N7O8S. The fourth-order valence-corrected chi connectivity index (χ4v) is 7.54. The summed E-state index contributed by atoms with van der Waals surface area (Å²) in [7, 11) is -3.67. The van der Waals surface area contributed by atoms with Gasteiger partial charge in [-0.2, -0.15) is 14.5 Å². The average molecular weight is 732 g/mol. The summed E-state index contributed by atoms with van der Waals surface area (Å²) in [5, 5.41) is 58.6. The maximum Gasteiger partial charge on any atom is 0.243 e. The average Bonchev–Trinajstić information content (AvgIpc) is 3.56. The first kappa shape index (κ1) is 37.0. The Morgan fingerprint density at radius 3 is 2.25 bits per heavy atom.